The van der Waals surface area contributed by atoms with Crippen LogP contribution in [0.1, 0.15) is 25.3 Å². The third kappa shape index (κ3) is 4.12. The zero-order chi connectivity index (χ0) is 17.9. The van der Waals surface area contributed by atoms with Gasteiger partial charge in [-0.15, -0.1) is 0 Å². The molecule has 2 N–H and O–H groups in total. The van der Waals surface area contributed by atoms with Crippen LogP contribution in [0.15, 0.2) is 23.1 Å². The summed E-state index contributed by atoms with van der Waals surface area (Å²) in [6.07, 6.45) is 1.22. The fourth-order valence-electron chi connectivity index (χ4n) is 2.78. The molecule has 24 heavy (non-hydrogen) atoms. The van der Waals surface area contributed by atoms with Crippen LogP contribution >= 0.6 is 0 Å². The SMILES string of the molecule is CNS(=O)(=O)c1cc(NC(=O)C2CCN(C(C)=O)CC2)ccc1C. The number of rotatable bonds is 4. The predicted molar refractivity (Wildman–Crippen MR) is 91.0 cm³/mol. The first-order valence-corrected chi connectivity index (χ1v) is 9.33. The minimum absolute atomic E-state index is 0.0225. The van der Waals surface area contributed by atoms with E-state index < -0.39 is 10.0 Å². The van der Waals surface area contributed by atoms with Crippen molar-refractivity contribution >= 4 is 27.5 Å². The number of amides is 2. The number of sulfonamides is 1. The highest BCUT2D eigenvalue weighted by atomic mass is 32.2. The van der Waals surface area contributed by atoms with Gasteiger partial charge in [-0.05, 0) is 44.5 Å². The van der Waals surface area contributed by atoms with Crippen LogP contribution < -0.4 is 10.0 Å². The Balaban J connectivity index is 2.08. The number of nitrogens with zero attached hydrogens (tertiary/aromatic N) is 1. The lowest BCUT2D eigenvalue weighted by Gasteiger charge is -2.30. The van der Waals surface area contributed by atoms with Crippen molar-refractivity contribution in [3.63, 3.8) is 0 Å². The molecule has 0 saturated carbocycles. The smallest absolute Gasteiger partial charge is 0.240 e. The molecule has 1 heterocycles. The van der Waals surface area contributed by atoms with Gasteiger partial charge in [-0.25, -0.2) is 13.1 Å². The molecule has 1 aromatic rings. The summed E-state index contributed by atoms with van der Waals surface area (Å²) in [7, 11) is -2.22. The number of hydrogen-bond acceptors (Lipinski definition) is 4. The summed E-state index contributed by atoms with van der Waals surface area (Å²) in [5.74, 6) is -0.296. The molecule has 0 atom stereocenters. The van der Waals surface area contributed by atoms with Gasteiger partial charge in [0.1, 0.15) is 0 Å². The average Bonchev–Trinajstić information content (AvgIpc) is 2.56. The fraction of sp³-hybridized carbons (Fsp3) is 0.500. The number of hydrogen-bond donors (Lipinski definition) is 2. The molecule has 0 aromatic heterocycles. The van der Waals surface area contributed by atoms with Gasteiger partial charge < -0.3 is 10.2 Å². The number of carbonyl (C=O) groups excluding carboxylic acids is 2. The first kappa shape index (κ1) is 18.4. The van der Waals surface area contributed by atoms with Gasteiger partial charge in [0, 0.05) is 31.6 Å². The monoisotopic (exact) mass is 353 g/mol. The molecule has 0 radical (unpaired) electrons. The summed E-state index contributed by atoms with van der Waals surface area (Å²) in [4.78, 5) is 25.6. The van der Waals surface area contributed by atoms with Gasteiger partial charge in [-0.2, -0.15) is 0 Å². The molecule has 1 fully saturated rings. The molecule has 7 nitrogen and oxygen atoms in total. The molecular formula is C16H23N3O4S. The lowest BCUT2D eigenvalue weighted by atomic mass is 9.96. The highest BCUT2D eigenvalue weighted by Crippen LogP contribution is 2.23. The molecule has 0 aliphatic carbocycles. The number of nitrogens with one attached hydrogen (secondary N) is 2. The normalized spacial score (nSPS) is 16.0. The van der Waals surface area contributed by atoms with Crippen LogP contribution in [0.25, 0.3) is 0 Å². The van der Waals surface area contributed by atoms with E-state index >= 15 is 0 Å². The van der Waals surface area contributed by atoms with Crippen molar-refractivity contribution in [1.29, 1.82) is 0 Å². The summed E-state index contributed by atoms with van der Waals surface area (Å²) >= 11 is 0. The molecule has 0 spiro atoms. The van der Waals surface area contributed by atoms with Crippen molar-refractivity contribution in [3.8, 4) is 0 Å². The quantitative estimate of drug-likeness (QED) is 0.847. The second-order valence-corrected chi connectivity index (χ2v) is 7.81. The average molecular weight is 353 g/mol. The van der Waals surface area contributed by atoms with Gasteiger partial charge in [-0.1, -0.05) is 6.07 Å². The Hall–Kier alpha value is -1.93. The summed E-state index contributed by atoms with van der Waals surface area (Å²) in [5.41, 5.74) is 1.06. The number of carbonyl (C=O) groups is 2. The van der Waals surface area contributed by atoms with Crippen LogP contribution in [0.5, 0.6) is 0 Å². The maximum absolute atomic E-state index is 12.4. The van der Waals surface area contributed by atoms with E-state index in [9.17, 15) is 18.0 Å². The third-order valence-corrected chi connectivity index (χ3v) is 5.88. The molecule has 0 bridgehead atoms. The maximum Gasteiger partial charge on any atom is 0.240 e. The van der Waals surface area contributed by atoms with Crippen molar-refractivity contribution in [1.82, 2.24) is 9.62 Å². The summed E-state index contributed by atoms with van der Waals surface area (Å²) < 4.78 is 26.3. The minimum Gasteiger partial charge on any atom is -0.343 e. The van der Waals surface area contributed by atoms with Crippen LogP contribution in [0.2, 0.25) is 0 Å². The van der Waals surface area contributed by atoms with Gasteiger partial charge in [-0.3, -0.25) is 9.59 Å². The fourth-order valence-corrected chi connectivity index (χ4v) is 3.77. The Morgan fingerprint density at radius 1 is 1.21 bits per heavy atom. The molecular weight excluding hydrogens is 330 g/mol. The third-order valence-electron chi connectivity index (χ3n) is 4.33. The van der Waals surface area contributed by atoms with Crippen molar-refractivity contribution in [2.45, 2.75) is 31.6 Å². The van der Waals surface area contributed by atoms with Gasteiger partial charge in [0.05, 0.1) is 4.90 Å². The summed E-state index contributed by atoms with van der Waals surface area (Å²) in [6.45, 7) is 4.37. The van der Waals surface area contributed by atoms with Gasteiger partial charge >= 0.3 is 0 Å². The second-order valence-electron chi connectivity index (χ2n) is 5.96. The van der Waals surface area contributed by atoms with E-state index in [1.54, 1.807) is 24.0 Å². The van der Waals surface area contributed by atoms with Crippen molar-refractivity contribution < 1.29 is 18.0 Å². The van der Waals surface area contributed by atoms with E-state index in [2.05, 4.69) is 10.0 Å². The lowest BCUT2D eigenvalue weighted by molar-refractivity contribution is -0.132. The van der Waals surface area contributed by atoms with Crippen LogP contribution in [-0.4, -0.2) is 45.3 Å². The van der Waals surface area contributed by atoms with Crippen LogP contribution in [0, 0.1) is 12.8 Å². The molecule has 1 saturated heterocycles. The Kier molecular flexibility index (Phi) is 5.61. The van der Waals surface area contributed by atoms with E-state index in [4.69, 9.17) is 0 Å². The number of benzene rings is 1. The Morgan fingerprint density at radius 2 is 1.83 bits per heavy atom. The van der Waals surface area contributed by atoms with Crippen LogP contribution in [-0.2, 0) is 19.6 Å². The zero-order valence-corrected chi connectivity index (χ0v) is 14.9. The van der Waals surface area contributed by atoms with Crippen molar-refractivity contribution in [2.75, 3.05) is 25.5 Å². The van der Waals surface area contributed by atoms with E-state index in [0.717, 1.165) is 0 Å². The number of aryl methyl sites for hydroxylation is 1. The highest BCUT2D eigenvalue weighted by Gasteiger charge is 2.26. The van der Waals surface area contributed by atoms with E-state index in [1.807, 2.05) is 0 Å². The van der Waals surface area contributed by atoms with Crippen molar-refractivity contribution in [3.05, 3.63) is 23.8 Å². The summed E-state index contributed by atoms with van der Waals surface area (Å²) in [5, 5.41) is 2.78. The molecule has 2 rings (SSSR count). The topological polar surface area (TPSA) is 95.6 Å². The first-order valence-electron chi connectivity index (χ1n) is 7.85. The molecule has 1 aromatic carbocycles. The van der Waals surface area contributed by atoms with E-state index in [-0.39, 0.29) is 22.6 Å². The molecule has 132 valence electrons. The Labute approximate surface area is 142 Å². The first-order chi connectivity index (χ1) is 11.2. The zero-order valence-electron chi connectivity index (χ0n) is 14.1. The largest absolute Gasteiger partial charge is 0.343 e. The summed E-state index contributed by atoms with van der Waals surface area (Å²) in [6, 6.07) is 4.81. The van der Waals surface area contributed by atoms with Gasteiger partial charge in [0.25, 0.3) is 0 Å². The molecule has 8 heteroatoms. The highest BCUT2D eigenvalue weighted by molar-refractivity contribution is 7.89. The number of likely N-dealkylation sites (tertiary alicyclic amines) is 1. The molecule has 1 aliphatic heterocycles. The Morgan fingerprint density at radius 3 is 2.38 bits per heavy atom. The van der Waals surface area contributed by atoms with E-state index in [1.165, 1.54) is 20.0 Å². The van der Waals surface area contributed by atoms with E-state index in [0.29, 0.717) is 37.2 Å². The number of piperidine rings is 1. The molecule has 2 amide bonds. The second kappa shape index (κ2) is 7.31. The Bertz CT molecular complexity index is 738. The molecule has 1 aliphatic rings. The van der Waals surface area contributed by atoms with Gasteiger partial charge in [0.2, 0.25) is 21.8 Å². The van der Waals surface area contributed by atoms with Gasteiger partial charge in [0.15, 0.2) is 0 Å². The van der Waals surface area contributed by atoms with Crippen molar-refractivity contribution in [2.24, 2.45) is 5.92 Å². The lowest BCUT2D eigenvalue weighted by Crippen LogP contribution is -2.40. The minimum atomic E-state index is -3.57. The van der Waals surface area contributed by atoms with Crippen LogP contribution in [0.3, 0.4) is 0 Å². The standard InChI is InChI=1S/C16H23N3O4S/c1-11-4-5-14(10-15(11)24(22,23)17-3)18-16(21)13-6-8-19(9-7-13)12(2)20/h4-5,10,13,17H,6-9H2,1-3H3,(H,18,21). The van der Waals surface area contributed by atoms with Crippen LogP contribution in [0.4, 0.5) is 5.69 Å². The maximum atomic E-state index is 12.4. The molecule has 0 unspecified atom stereocenters. The predicted octanol–water partition coefficient (Wildman–Crippen LogP) is 1.10. The number of anilines is 1.